The van der Waals surface area contributed by atoms with Crippen LogP contribution in [0.1, 0.15) is 44.0 Å². The lowest BCUT2D eigenvalue weighted by atomic mass is 10.00. The molecule has 2 atom stereocenters. The van der Waals surface area contributed by atoms with Crippen LogP contribution < -0.4 is 11.1 Å². The first kappa shape index (κ1) is 16.9. The average Bonchev–Trinajstić information content (AvgIpc) is 2.40. The predicted molar refractivity (Wildman–Crippen MR) is 78.5 cm³/mol. The number of carbonyl (C=O) groups is 1. The van der Waals surface area contributed by atoms with Crippen molar-refractivity contribution < 1.29 is 14.1 Å². The summed E-state index contributed by atoms with van der Waals surface area (Å²) >= 11 is 0. The van der Waals surface area contributed by atoms with Crippen molar-refractivity contribution in [2.75, 3.05) is 5.73 Å². The lowest BCUT2D eigenvalue weighted by molar-refractivity contribution is -0.385. The molecule has 3 N–H and O–H groups in total. The molecule has 0 spiro atoms. The van der Waals surface area contributed by atoms with Gasteiger partial charge in [-0.25, -0.2) is 4.39 Å². The highest BCUT2D eigenvalue weighted by Crippen LogP contribution is 2.24. The van der Waals surface area contributed by atoms with Gasteiger partial charge in [0.2, 0.25) is 0 Å². The van der Waals surface area contributed by atoms with Crippen molar-refractivity contribution in [3.63, 3.8) is 0 Å². The zero-order chi connectivity index (χ0) is 16.2. The first-order chi connectivity index (χ1) is 9.76. The molecule has 0 saturated heterocycles. The van der Waals surface area contributed by atoms with Crippen LogP contribution in [-0.4, -0.2) is 16.9 Å². The highest BCUT2D eigenvalue weighted by molar-refractivity contribution is 5.99. The minimum Gasteiger partial charge on any atom is -0.396 e. The van der Waals surface area contributed by atoms with E-state index in [-0.39, 0.29) is 17.3 Å². The Morgan fingerprint density at radius 1 is 1.48 bits per heavy atom. The average molecular weight is 297 g/mol. The van der Waals surface area contributed by atoms with Crippen molar-refractivity contribution in [2.24, 2.45) is 5.92 Å². The Morgan fingerprint density at radius 2 is 2.10 bits per heavy atom. The second kappa shape index (κ2) is 7.01. The van der Waals surface area contributed by atoms with Gasteiger partial charge in [-0.1, -0.05) is 20.3 Å². The standard InChI is InChI=1S/C14H20FN3O3/c1-4-8(2)5-9(3)17-14(19)10-6-12(16)11(15)7-13(10)18(20)21/h6-9H,4-5,16H2,1-3H3,(H,17,19). The molecule has 116 valence electrons. The summed E-state index contributed by atoms with van der Waals surface area (Å²) < 4.78 is 13.3. The molecule has 1 aromatic carbocycles. The number of benzene rings is 1. The molecule has 0 aromatic heterocycles. The summed E-state index contributed by atoms with van der Waals surface area (Å²) in [6.45, 7) is 5.93. The number of nitrogens with one attached hydrogen (secondary N) is 1. The third-order valence-electron chi connectivity index (χ3n) is 3.39. The van der Waals surface area contributed by atoms with Crippen LogP contribution >= 0.6 is 0 Å². The van der Waals surface area contributed by atoms with E-state index in [2.05, 4.69) is 12.2 Å². The van der Waals surface area contributed by atoms with E-state index in [1.165, 1.54) is 0 Å². The molecule has 1 aromatic rings. The number of nitrogens with zero attached hydrogens (tertiary/aromatic N) is 1. The highest BCUT2D eigenvalue weighted by atomic mass is 19.1. The Bertz CT molecular complexity index is 549. The van der Waals surface area contributed by atoms with Crippen LogP contribution in [0.5, 0.6) is 0 Å². The monoisotopic (exact) mass is 297 g/mol. The number of amides is 1. The summed E-state index contributed by atoms with van der Waals surface area (Å²) in [4.78, 5) is 22.2. The molecule has 0 heterocycles. The number of hydrogen-bond donors (Lipinski definition) is 2. The Kier molecular flexibility index (Phi) is 5.63. The smallest absolute Gasteiger partial charge is 0.285 e. The SMILES string of the molecule is CCC(C)CC(C)NC(=O)c1cc(N)c(F)cc1[N+](=O)[O-]. The van der Waals surface area contributed by atoms with Crippen molar-refractivity contribution in [3.05, 3.63) is 33.6 Å². The van der Waals surface area contributed by atoms with Gasteiger partial charge in [0.25, 0.3) is 11.6 Å². The van der Waals surface area contributed by atoms with Gasteiger partial charge in [-0.3, -0.25) is 14.9 Å². The zero-order valence-electron chi connectivity index (χ0n) is 12.4. The third-order valence-corrected chi connectivity index (χ3v) is 3.39. The highest BCUT2D eigenvalue weighted by Gasteiger charge is 2.24. The Labute approximate surface area is 122 Å². The van der Waals surface area contributed by atoms with Crippen LogP contribution in [0.4, 0.5) is 15.8 Å². The summed E-state index contributed by atoms with van der Waals surface area (Å²) in [5.74, 6) is -1.11. The molecule has 2 unspecified atom stereocenters. The van der Waals surface area contributed by atoms with Crippen LogP contribution in [0.15, 0.2) is 12.1 Å². The van der Waals surface area contributed by atoms with Gasteiger partial charge in [-0.05, 0) is 25.3 Å². The zero-order valence-corrected chi connectivity index (χ0v) is 12.4. The summed E-state index contributed by atoms with van der Waals surface area (Å²) in [7, 11) is 0. The molecule has 0 aliphatic rings. The van der Waals surface area contributed by atoms with E-state index in [4.69, 9.17) is 5.73 Å². The van der Waals surface area contributed by atoms with Gasteiger partial charge < -0.3 is 11.1 Å². The second-order valence-electron chi connectivity index (χ2n) is 5.27. The van der Waals surface area contributed by atoms with E-state index in [0.717, 1.165) is 18.9 Å². The topological polar surface area (TPSA) is 98.3 Å². The maximum absolute atomic E-state index is 13.3. The fourth-order valence-electron chi connectivity index (χ4n) is 2.04. The van der Waals surface area contributed by atoms with Crippen molar-refractivity contribution in [1.82, 2.24) is 5.32 Å². The van der Waals surface area contributed by atoms with Crippen molar-refractivity contribution >= 4 is 17.3 Å². The van der Waals surface area contributed by atoms with E-state index in [9.17, 15) is 19.3 Å². The molecule has 1 rings (SSSR count). The molecule has 21 heavy (non-hydrogen) atoms. The van der Waals surface area contributed by atoms with Gasteiger partial charge in [0.1, 0.15) is 5.56 Å². The molecule has 0 aliphatic heterocycles. The van der Waals surface area contributed by atoms with Crippen LogP contribution in [0.2, 0.25) is 0 Å². The molecule has 0 bridgehead atoms. The molecule has 0 radical (unpaired) electrons. The minimum absolute atomic E-state index is 0.140. The van der Waals surface area contributed by atoms with E-state index < -0.39 is 22.3 Å². The van der Waals surface area contributed by atoms with E-state index >= 15 is 0 Å². The van der Waals surface area contributed by atoms with Crippen LogP contribution in [0.3, 0.4) is 0 Å². The summed E-state index contributed by atoms with van der Waals surface area (Å²) in [5.41, 5.74) is 4.28. The van der Waals surface area contributed by atoms with E-state index in [1.807, 2.05) is 13.8 Å². The number of nitro groups is 1. The van der Waals surface area contributed by atoms with E-state index in [1.54, 1.807) is 0 Å². The Morgan fingerprint density at radius 3 is 2.62 bits per heavy atom. The number of carbonyl (C=O) groups excluding carboxylic acids is 1. The molecular weight excluding hydrogens is 277 g/mol. The molecule has 7 heteroatoms. The molecule has 6 nitrogen and oxygen atoms in total. The van der Waals surface area contributed by atoms with Crippen LogP contribution in [0, 0.1) is 21.8 Å². The number of anilines is 1. The summed E-state index contributed by atoms with van der Waals surface area (Å²) in [6.07, 6.45) is 1.73. The number of nitrogen functional groups attached to an aromatic ring is 1. The Hall–Kier alpha value is -2.18. The fourth-order valence-corrected chi connectivity index (χ4v) is 2.04. The Balaban J connectivity index is 2.96. The van der Waals surface area contributed by atoms with Gasteiger partial charge in [-0.15, -0.1) is 0 Å². The van der Waals surface area contributed by atoms with Crippen LogP contribution in [0.25, 0.3) is 0 Å². The first-order valence-electron chi connectivity index (χ1n) is 6.80. The fraction of sp³-hybridized carbons (Fsp3) is 0.500. The number of halogens is 1. The lowest BCUT2D eigenvalue weighted by Gasteiger charge is -2.17. The number of hydrogen-bond acceptors (Lipinski definition) is 4. The maximum atomic E-state index is 13.3. The molecule has 0 aliphatic carbocycles. The molecule has 1 amide bonds. The minimum atomic E-state index is -0.911. The second-order valence-corrected chi connectivity index (χ2v) is 5.27. The first-order valence-corrected chi connectivity index (χ1v) is 6.80. The van der Waals surface area contributed by atoms with Crippen molar-refractivity contribution in [1.29, 1.82) is 0 Å². The maximum Gasteiger partial charge on any atom is 0.285 e. The quantitative estimate of drug-likeness (QED) is 0.479. The normalized spacial score (nSPS) is 13.5. The molecule has 0 saturated carbocycles. The van der Waals surface area contributed by atoms with Gasteiger partial charge >= 0.3 is 0 Å². The van der Waals surface area contributed by atoms with Crippen molar-refractivity contribution in [2.45, 2.75) is 39.7 Å². The largest absolute Gasteiger partial charge is 0.396 e. The number of nitro benzene ring substituents is 1. The van der Waals surface area contributed by atoms with Gasteiger partial charge in [0.15, 0.2) is 5.82 Å². The molecular formula is C14H20FN3O3. The molecule has 0 fully saturated rings. The predicted octanol–water partition coefficient (Wildman–Crippen LogP) is 2.87. The lowest BCUT2D eigenvalue weighted by Crippen LogP contribution is -2.34. The van der Waals surface area contributed by atoms with Crippen molar-refractivity contribution in [3.8, 4) is 0 Å². The summed E-state index contributed by atoms with van der Waals surface area (Å²) in [6, 6.07) is 1.53. The third kappa shape index (κ3) is 4.40. The number of nitrogens with two attached hydrogens (primary N) is 1. The number of rotatable bonds is 6. The van der Waals surface area contributed by atoms with Crippen LogP contribution in [-0.2, 0) is 0 Å². The summed E-state index contributed by atoms with van der Waals surface area (Å²) in [5, 5.41) is 13.6. The van der Waals surface area contributed by atoms with Gasteiger partial charge in [-0.2, -0.15) is 0 Å². The van der Waals surface area contributed by atoms with Gasteiger partial charge in [0.05, 0.1) is 16.7 Å². The van der Waals surface area contributed by atoms with E-state index in [0.29, 0.717) is 12.0 Å². The van der Waals surface area contributed by atoms with Gasteiger partial charge in [0, 0.05) is 6.04 Å².